The van der Waals surface area contributed by atoms with Gasteiger partial charge in [0.25, 0.3) is 6.43 Å². The molecule has 0 fully saturated rings. The van der Waals surface area contributed by atoms with Gasteiger partial charge >= 0.3 is 5.97 Å². The highest BCUT2D eigenvalue weighted by Crippen LogP contribution is 2.30. The summed E-state index contributed by atoms with van der Waals surface area (Å²) < 4.78 is 25.1. The Morgan fingerprint density at radius 1 is 1.50 bits per heavy atom. The monoisotopic (exact) mass is 295 g/mol. The predicted molar refractivity (Wildman–Crippen MR) is 54.8 cm³/mol. The third kappa shape index (κ3) is 2.66. The van der Waals surface area contributed by atoms with Gasteiger partial charge < -0.3 is 10.2 Å². The molecule has 1 heterocycles. The van der Waals surface area contributed by atoms with E-state index in [1.807, 2.05) is 0 Å². The molecule has 1 rings (SSSR count). The fourth-order valence-electron chi connectivity index (χ4n) is 1.28. The van der Waals surface area contributed by atoms with Gasteiger partial charge in [0.1, 0.15) is 11.4 Å². The van der Waals surface area contributed by atoms with Crippen LogP contribution in [-0.2, 0) is 16.5 Å². The minimum atomic E-state index is -2.80. The average Bonchev–Trinajstić information content (AvgIpc) is 2.19. The smallest absolute Gasteiger partial charge is 0.307 e. The van der Waals surface area contributed by atoms with Crippen molar-refractivity contribution < 1.29 is 23.8 Å². The standard InChI is InChI=1S/C9H8BrF2NO3/c10-2-5-4(1-7(15)16)6(14)3-13-8(5)9(11)12/h3,9,14H,1-2H2,(H,15,16). The predicted octanol–water partition coefficient (Wildman–Crippen LogP) is 2.25. The molecular formula is C9H8BrF2NO3. The maximum atomic E-state index is 12.6. The van der Waals surface area contributed by atoms with Crippen LogP contribution in [0, 0.1) is 0 Å². The molecule has 0 aliphatic rings. The van der Waals surface area contributed by atoms with Gasteiger partial charge in [-0.3, -0.25) is 9.78 Å². The van der Waals surface area contributed by atoms with Gasteiger partial charge in [-0.25, -0.2) is 8.78 Å². The van der Waals surface area contributed by atoms with Crippen LogP contribution in [0.3, 0.4) is 0 Å². The highest BCUT2D eigenvalue weighted by Gasteiger charge is 2.21. The molecule has 1 aromatic heterocycles. The Balaban J connectivity index is 3.32. The molecule has 0 spiro atoms. The van der Waals surface area contributed by atoms with Crippen LogP contribution < -0.4 is 0 Å². The number of aliphatic carboxylic acids is 1. The zero-order chi connectivity index (χ0) is 12.3. The Hall–Kier alpha value is -1.24. The highest BCUT2D eigenvalue weighted by atomic mass is 79.9. The van der Waals surface area contributed by atoms with Crippen molar-refractivity contribution in [2.24, 2.45) is 0 Å². The fraction of sp³-hybridized carbons (Fsp3) is 0.333. The molecule has 2 N–H and O–H groups in total. The summed E-state index contributed by atoms with van der Waals surface area (Å²) in [6.45, 7) is 0. The summed E-state index contributed by atoms with van der Waals surface area (Å²) in [6.07, 6.45) is -2.48. The van der Waals surface area contributed by atoms with Gasteiger partial charge in [0.2, 0.25) is 0 Å². The first kappa shape index (κ1) is 12.8. The lowest BCUT2D eigenvalue weighted by atomic mass is 10.0. The zero-order valence-corrected chi connectivity index (χ0v) is 9.54. The number of aromatic nitrogens is 1. The molecule has 0 saturated carbocycles. The van der Waals surface area contributed by atoms with Gasteiger partial charge in [-0.05, 0) is 5.56 Å². The summed E-state index contributed by atoms with van der Waals surface area (Å²) in [6, 6.07) is 0. The molecular weight excluding hydrogens is 288 g/mol. The molecule has 0 aliphatic carbocycles. The molecule has 0 saturated heterocycles. The average molecular weight is 296 g/mol. The molecule has 0 unspecified atom stereocenters. The van der Waals surface area contributed by atoms with E-state index in [4.69, 9.17) is 5.11 Å². The Morgan fingerprint density at radius 3 is 2.56 bits per heavy atom. The van der Waals surface area contributed by atoms with E-state index in [1.54, 1.807) is 0 Å². The second-order valence-corrected chi connectivity index (χ2v) is 3.55. The van der Waals surface area contributed by atoms with Crippen LogP contribution in [0.5, 0.6) is 5.75 Å². The second kappa shape index (κ2) is 5.20. The van der Waals surface area contributed by atoms with Crippen LogP contribution in [-0.4, -0.2) is 21.2 Å². The summed E-state index contributed by atoms with van der Waals surface area (Å²) in [5.74, 6) is -1.59. The Morgan fingerprint density at radius 2 is 2.12 bits per heavy atom. The molecule has 0 aliphatic heterocycles. The van der Waals surface area contributed by atoms with Crippen LogP contribution in [0.15, 0.2) is 6.20 Å². The molecule has 1 aromatic rings. The van der Waals surface area contributed by atoms with Crippen LogP contribution in [0.2, 0.25) is 0 Å². The molecule has 4 nitrogen and oxygen atoms in total. The Bertz CT molecular complexity index is 412. The minimum Gasteiger partial charge on any atom is -0.506 e. The Kier molecular flexibility index (Phi) is 4.17. The van der Waals surface area contributed by atoms with E-state index in [-0.39, 0.29) is 22.2 Å². The largest absolute Gasteiger partial charge is 0.506 e. The summed E-state index contributed by atoms with van der Waals surface area (Å²) in [7, 11) is 0. The molecule has 7 heteroatoms. The lowest BCUT2D eigenvalue weighted by Crippen LogP contribution is -2.07. The molecule has 0 bridgehead atoms. The normalized spacial score (nSPS) is 10.8. The zero-order valence-electron chi connectivity index (χ0n) is 7.95. The quantitative estimate of drug-likeness (QED) is 0.836. The van der Waals surface area contributed by atoms with Gasteiger partial charge in [0.15, 0.2) is 0 Å². The van der Waals surface area contributed by atoms with Gasteiger partial charge in [0.05, 0.1) is 12.6 Å². The van der Waals surface area contributed by atoms with Crippen LogP contribution in [0.4, 0.5) is 8.78 Å². The van der Waals surface area contributed by atoms with E-state index in [1.165, 1.54) is 0 Å². The van der Waals surface area contributed by atoms with Crippen LogP contribution in [0.25, 0.3) is 0 Å². The van der Waals surface area contributed by atoms with E-state index >= 15 is 0 Å². The van der Waals surface area contributed by atoms with E-state index in [0.29, 0.717) is 0 Å². The number of alkyl halides is 3. The molecule has 0 amide bonds. The molecule has 16 heavy (non-hydrogen) atoms. The topological polar surface area (TPSA) is 70.4 Å². The molecule has 88 valence electrons. The van der Waals surface area contributed by atoms with E-state index in [9.17, 15) is 18.7 Å². The van der Waals surface area contributed by atoms with E-state index in [2.05, 4.69) is 20.9 Å². The Labute approximate surface area is 98.1 Å². The van der Waals surface area contributed by atoms with Crippen molar-refractivity contribution in [3.05, 3.63) is 23.0 Å². The van der Waals surface area contributed by atoms with Crippen molar-refractivity contribution >= 4 is 21.9 Å². The summed E-state index contributed by atoms with van der Waals surface area (Å²) in [4.78, 5) is 13.9. The van der Waals surface area contributed by atoms with E-state index < -0.39 is 24.5 Å². The second-order valence-electron chi connectivity index (χ2n) is 2.99. The number of hydrogen-bond acceptors (Lipinski definition) is 3. The number of hydrogen-bond donors (Lipinski definition) is 2. The number of carbonyl (C=O) groups is 1. The van der Waals surface area contributed by atoms with Crippen molar-refractivity contribution in [2.45, 2.75) is 18.2 Å². The lowest BCUT2D eigenvalue weighted by Gasteiger charge is -2.11. The minimum absolute atomic E-state index is 0.0106. The van der Waals surface area contributed by atoms with Crippen molar-refractivity contribution in [3.63, 3.8) is 0 Å². The van der Waals surface area contributed by atoms with Crippen molar-refractivity contribution in [2.75, 3.05) is 0 Å². The van der Waals surface area contributed by atoms with Gasteiger partial charge in [-0.15, -0.1) is 0 Å². The van der Waals surface area contributed by atoms with Crippen molar-refractivity contribution in [3.8, 4) is 5.75 Å². The third-order valence-corrected chi connectivity index (χ3v) is 2.54. The summed E-state index contributed by atoms with van der Waals surface area (Å²) in [5.41, 5.74) is -0.516. The molecule has 0 atom stereocenters. The number of halogens is 3. The number of rotatable bonds is 4. The van der Waals surface area contributed by atoms with Crippen LogP contribution >= 0.6 is 15.9 Å². The first-order valence-corrected chi connectivity index (χ1v) is 5.35. The lowest BCUT2D eigenvalue weighted by molar-refractivity contribution is -0.136. The van der Waals surface area contributed by atoms with Gasteiger partial charge in [-0.2, -0.15) is 0 Å². The van der Waals surface area contributed by atoms with Crippen molar-refractivity contribution in [1.29, 1.82) is 0 Å². The first-order valence-electron chi connectivity index (χ1n) is 4.22. The maximum absolute atomic E-state index is 12.6. The molecule has 0 radical (unpaired) electrons. The van der Waals surface area contributed by atoms with Crippen molar-refractivity contribution in [1.82, 2.24) is 4.98 Å². The number of nitrogens with zero attached hydrogens (tertiary/aromatic N) is 1. The number of carboxylic acids is 1. The summed E-state index contributed by atoms with van der Waals surface area (Å²) in [5, 5.41) is 18.0. The van der Waals surface area contributed by atoms with Gasteiger partial charge in [0, 0.05) is 10.9 Å². The number of carboxylic acid groups (broad SMARTS) is 1. The number of pyridine rings is 1. The van der Waals surface area contributed by atoms with Crippen LogP contribution in [0.1, 0.15) is 23.2 Å². The maximum Gasteiger partial charge on any atom is 0.307 e. The van der Waals surface area contributed by atoms with E-state index in [0.717, 1.165) is 6.20 Å². The molecule has 0 aromatic carbocycles. The first-order chi connectivity index (χ1) is 7.47. The van der Waals surface area contributed by atoms with Gasteiger partial charge in [-0.1, -0.05) is 15.9 Å². The fourth-order valence-corrected chi connectivity index (χ4v) is 1.91. The summed E-state index contributed by atoms with van der Waals surface area (Å²) >= 11 is 2.97. The SMILES string of the molecule is O=C(O)Cc1c(O)cnc(C(F)F)c1CBr. The highest BCUT2D eigenvalue weighted by molar-refractivity contribution is 9.08. The third-order valence-electron chi connectivity index (χ3n) is 1.98. The number of aromatic hydroxyl groups is 1.